The molecule has 19 heteroatoms. The molecule has 0 saturated carbocycles. The summed E-state index contributed by atoms with van der Waals surface area (Å²) in [5.41, 5.74) is 8.66. The van der Waals surface area contributed by atoms with Gasteiger partial charge in [0.2, 0.25) is 5.88 Å². The maximum Gasteiger partial charge on any atom is 0.422 e. The zero-order valence-electron chi connectivity index (χ0n) is 26.7. The molecule has 2 aromatic heterocycles. The van der Waals surface area contributed by atoms with Crippen molar-refractivity contribution in [2.75, 3.05) is 51.4 Å². The van der Waals surface area contributed by atoms with E-state index in [2.05, 4.69) is 14.1 Å². The Morgan fingerprint density at radius 2 is 1.54 bits per heavy atom. The molecule has 11 nitrogen and oxygen atoms in total. The van der Waals surface area contributed by atoms with Crippen LogP contribution in [0.5, 0.6) is 17.4 Å². The third-order valence-corrected chi connectivity index (χ3v) is 8.39. The fourth-order valence-electron chi connectivity index (χ4n) is 4.80. The van der Waals surface area contributed by atoms with E-state index in [1.165, 1.54) is 6.20 Å². The second-order valence-corrected chi connectivity index (χ2v) is 12.7. The van der Waals surface area contributed by atoms with Crippen LogP contribution in [0.4, 0.5) is 32.0 Å². The van der Waals surface area contributed by atoms with E-state index in [1.54, 1.807) is 36.4 Å². The van der Waals surface area contributed by atoms with Gasteiger partial charge in [0.1, 0.15) is 17.2 Å². The lowest BCUT2D eigenvalue weighted by Gasteiger charge is -2.34. The van der Waals surface area contributed by atoms with Crippen LogP contribution in [0.2, 0.25) is 0 Å². The predicted octanol–water partition coefficient (Wildman–Crippen LogP) is 5.79. The number of ether oxygens (including phenoxy) is 2. The van der Waals surface area contributed by atoms with Crippen LogP contribution < -0.4 is 15.2 Å². The van der Waals surface area contributed by atoms with Gasteiger partial charge in [-0.2, -0.15) is 34.8 Å². The smallest absolute Gasteiger partial charge is 0.422 e. The van der Waals surface area contributed by atoms with E-state index in [0.29, 0.717) is 62.8 Å². The Morgan fingerprint density at radius 3 is 2.08 bits per heavy atom. The molecule has 3 heterocycles. The molecule has 0 spiro atoms. The number of carbonyl (C=O) groups excluding carboxylic acids is 1. The molecule has 1 aliphatic heterocycles. The molecule has 5 rings (SSSR count). The summed E-state index contributed by atoms with van der Waals surface area (Å²) in [6.45, 7) is 1.86. The van der Waals surface area contributed by atoms with Crippen LogP contribution >= 0.6 is 12.4 Å². The maximum atomic E-state index is 13.4. The molecule has 1 aliphatic rings. The van der Waals surface area contributed by atoms with Crippen molar-refractivity contribution in [2.24, 2.45) is 7.05 Å². The van der Waals surface area contributed by atoms with Gasteiger partial charge in [0.25, 0.3) is 16.0 Å². The lowest BCUT2D eigenvalue weighted by molar-refractivity contribution is -0.153. The zero-order valence-corrected chi connectivity index (χ0v) is 28.3. The van der Waals surface area contributed by atoms with Crippen molar-refractivity contribution < 1.29 is 53.2 Å². The van der Waals surface area contributed by atoms with Gasteiger partial charge in [-0.05, 0) is 42.0 Å². The molecule has 2 aromatic carbocycles. The van der Waals surface area contributed by atoms with Crippen molar-refractivity contribution in [3.63, 3.8) is 0 Å². The first kappa shape index (κ1) is 40.2. The van der Waals surface area contributed by atoms with E-state index in [9.17, 15) is 39.6 Å². The van der Waals surface area contributed by atoms with Crippen molar-refractivity contribution in [3.05, 3.63) is 78.1 Å². The molecule has 4 aromatic rings. The van der Waals surface area contributed by atoms with Crippen LogP contribution in [-0.4, -0.2) is 91.7 Å². The first-order valence-corrected chi connectivity index (χ1v) is 16.1. The minimum absolute atomic E-state index is 0. The molecule has 0 radical (unpaired) electrons. The van der Waals surface area contributed by atoms with Gasteiger partial charge in [-0.15, -0.1) is 12.4 Å². The minimum Gasteiger partial charge on any atom is -0.484 e. The van der Waals surface area contributed by atoms with Crippen LogP contribution in [0.1, 0.15) is 16.1 Å². The highest BCUT2D eigenvalue weighted by molar-refractivity contribution is 7.86. The molecular formula is C31H34ClF6N5O6S. The molecule has 0 unspecified atom stereocenters. The van der Waals surface area contributed by atoms with E-state index in [1.807, 2.05) is 40.8 Å². The quantitative estimate of drug-likeness (QED) is 0.167. The Hall–Kier alpha value is -4.26. The number of amides is 1. The molecule has 0 aliphatic carbocycles. The Morgan fingerprint density at radius 1 is 0.900 bits per heavy atom. The second kappa shape index (κ2) is 16.6. The van der Waals surface area contributed by atoms with Gasteiger partial charge in [0.05, 0.1) is 24.5 Å². The Labute approximate surface area is 290 Å². The number of nitrogens with two attached hydrogens (primary N) is 1. The summed E-state index contributed by atoms with van der Waals surface area (Å²) in [4.78, 5) is 21.6. The van der Waals surface area contributed by atoms with Crippen molar-refractivity contribution in [1.82, 2.24) is 19.4 Å². The van der Waals surface area contributed by atoms with E-state index in [0.717, 1.165) is 16.5 Å². The average molecular weight is 754 g/mol. The molecule has 1 amide bonds. The number of piperazine rings is 1. The monoisotopic (exact) mass is 753 g/mol. The van der Waals surface area contributed by atoms with Crippen molar-refractivity contribution in [3.8, 4) is 17.4 Å². The summed E-state index contributed by atoms with van der Waals surface area (Å²) < 4.78 is 107. The van der Waals surface area contributed by atoms with Gasteiger partial charge in [-0.3, -0.25) is 13.9 Å². The third kappa shape index (κ3) is 12.0. The summed E-state index contributed by atoms with van der Waals surface area (Å²) in [7, 11) is -1.86. The van der Waals surface area contributed by atoms with Crippen molar-refractivity contribution in [1.29, 1.82) is 0 Å². The SMILES string of the molecule is COS(=O)(=O)CC(F)(F)F.Cl.Cn1c(C(=O)N2CCN(Cc3ccc(OCC(F)(F)F)cc3)CC2)cc2ccc(Oc3ccc(N)cn3)cc21. The fraction of sp³-hybridized carbons (Fsp3) is 0.355. The van der Waals surface area contributed by atoms with Crippen LogP contribution in [0.3, 0.4) is 0 Å². The number of alkyl halides is 6. The molecule has 0 atom stereocenters. The number of aryl methyl sites for hydroxylation is 1. The number of aromatic nitrogens is 2. The number of carbonyl (C=O) groups is 1. The first-order valence-electron chi connectivity index (χ1n) is 14.6. The largest absolute Gasteiger partial charge is 0.484 e. The average Bonchev–Trinajstić information content (AvgIpc) is 3.36. The van der Waals surface area contributed by atoms with E-state index < -0.39 is 34.8 Å². The molecular weight excluding hydrogens is 720 g/mol. The van der Waals surface area contributed by atoms with Gasteiger partial charge in [-0.1, -0.05) is 12.1 Å². The molecule has 1 fully saturated rings. The number of hydrogen-bond acceptors (Lipinski definition) is 9. The normalized spacial score (nSPS) is 14.0. The standard InChI is InChI=1S/C28H28F3N5O3.C3H5F3O3S.ClH/c1-34-24-15-23(39-26-9-5-21(32)16-33-26)8-4-20(24)14-25(34)27(37)36-12-10-35(11-13-36)17-19-2-6-22(7-3-19)38-18-28(29,30)31;1-9-10(7,8)2-3(4,5)6;/h2-9,14-16H,10-13,17-18,32H2,1H3;2H2,1H3;1H. The highest BCUT2D eigenvalue weighted by Crippen LogP contribution is 2.28. The van der Waals surface area contributed by atoms with E-state index in [4.69, 9.17) is 15.2 Å². The van der Waals surface area contributed by atoms with Crippen molar-refractivity contribution in [2.45, 2.75) is 18.9 Å². The number of fused-ring (bicyclic) bond motifs is 1. The first-order chi connectivity index (χ1) is 22.9. The van der Waals surface area contributed by atoms with E-state index >= 15 is 0 Å². The van der Waals surface area contributed by atoms with Gasteiger partial charge in [0, 0.05) is 57.3 Å². The maximum absolute atomic E-state index is 13.4. The molecule has 1 saturated heterocycles. The lowest BCUT2D eigenvalue weighted by Crippen LogP contribution is -2.48. The Kier molecular flexibility index (Phi) is 13.4. The topological polar surface area (TPSA) is 129 Å². The number of rotatable bonds is 9. The number of nitrogens with zero attached hydrogens (tertiary/aromatic N) is 4. The third-order valence-electron chi connectivity index (χ3n) is 7.20. The summed E-state index contributed by atoms with van der Waals surface area (Å²) >= 11 is 0. The van der Waals surface area contributed by atoms with E-state index in [-0.39, 0.29) is 24.1 Å². The predicted molar refractivity (Wildman–Crippen MR) is 175 cm³/mol. The van der Waals surface area contributed by atoms with Crippen LogP contribution in [0, 0.1) is 0 Å². The molecule has 0 bridgehead atoms. The summed E-state index contributed by atoms with van der Waals surface area (Å²) in [5, 5.41) is 0.930. The fourth-order valence-corrected chi connectivity index (χ4v) is 5.32. The van der Waals surface area contributed by atoms with Crippen molar-refractivity contribution >= 4 is 45.0 Å². The highest BCUT2D eigenvalue weighted by Gasteiger charge is 2.35. The summed E-state index contributed by atoms with van der Waals surface area (Å²) in [6.07, 6.45) is -7.57. The van der Waals surface area contributed by atoms with Gasteiger partial charge in [-0.25, -0.2) is 4.98 Å². The Balaban J connectivity index is 0.000000537. The zero-order chi connectivity index (χ0) is 36.0. The molecule has 274 valence electrons. The number of halogens is 7. The number of nitrogen functional groups attached to an aromatic ring is 1. The summed E-state index contributed by atoms with van der Waals surface area (Å²) in [6, 6.07) is 17.5. The van der Waals surface area contributed by atoms with Crippen LogP contribution in [0.25, 0.3) is 10.9 Å². The van der Waals surface area contributed by atoms with Gasteiger partial charge >= 0.3 is 12.4 Å². The number of hydrogen-bond donors (Lipinski definition) is 1. The Bertz CT molecular complexity index is 1830. The second-order valence-electron chi connectivity index (χ2n) is 10.9. The van der Waals surface area contributed by atoms with Crippen LogP contribution in [0.15, 0.2) is 66.9 Å². The summed E-state index contributed by atoms with van der Waals surface area (Å²) in [5.74, 6) is -0.758. The minimum atomic E-state index is -4.73. The number of pyridine rings is 1. The molecule has 50 heavy (non-hydrogen) atoms. The number of anilines is 1. The van der Waals surface area contributed by atoms with Gasteiger partial charge in [0.15, 0.2) is 12.4 Å². The number of benzene rings is 2. The van der Waals surface area contributed by atoms with Gasteiger partial charge < -0.3 is 24.7 Å². The van der Waals surface area contributed by atoms with Crippen LogP contribution in [-0.2, 0) is 27.9 Å². The highest BCUT2D eigenvalue weighted by atomic mass is 35.5. The molecule has 2 N–H and O–H groups in total. The lowest BCUT2D eigenvalue weighted by atomic mass is 10.2.